The highest BCUT2D eigenvalue weighted by molar-refractivity contribution is 7.92. The fraction of sp³-hybridized carbons (Fsp3) is 0.700. The minimum Gasteiger partial charge on any atom is -0.337 e. The molecule has 4 aliphatic rings. The number of piperidine rings is 1. The normalized spacial score (nSPS) is 25.7. The topological polar surface area (TPSA) is 122 Å². The Morgan fingerprint density at radius 1 is 1.05 bits per heavy atom. The molecule has 244 valence electrons. The van der Waals surface area contributed by atoms with Crippen LogP contribution in [-0.4, -0.2) is 116 Å². The number of halogens is 1. The highest BCUT2D eigenvalue weighted by Gasteiger charge is 2.37. The lowest BCUT2D eigenvalue weighted by atomic mass is 9.96. The molecule has 4 fully saturated rings. The van der Waals surface area contributed by atoms with E-state index in [9.17, 15) is 22.8 Å². The lowest BCUT2D eigenvalue weighted by Crippen LogP contribution is -2.55. The van der Waals surface area contributed by atoms with Gasteiger partial charge >= 0.3 is 6.03 Å². The van der Waals surface area contributed by atoms with E-state index in [0.29, 0.717) is 35.1 Å². The summed E-state index contributed by atoms with van der Waals surface area (Å²) in [4.78, 5) is 47.8. The molecule has 1 saturated carbocycles. The number of nitrogens with one attached hydrogen (secondary N) is 2. The molecule has 3 aliphatic heterocycles. The van der Waals surface area contributed by atoms with Crippen molar-refractivity contribution in [3.8, 4) is 0 Å². The van der Waals surface area contributed by atoms with Gasteiger partial charge in [0.05, 0.1) is 10.9 Å². The molecule has 4 amide bonds. The first-order valence-electron chi connectivity index (χ1n) is 15.9. The molecule has 0 bridgehead atoms. The summed E-state index contributed by atoms with van der Waals surface area (Å²) < 4.78 is 28.4. The van der Waals surface area contributed by atoms with Crippen LogP contribution in [-0.2, 0) is 19.6 Å². The zero-order valence-electron chi connectivity index (χ0n) is 25.5. The van der Waals surface area contributed by atoms with Gasteiger partial charge in [0.25, 0.3) is 0 Å². The predicted molar refractivity (Wildman–Crippen MR) is 173 cm³/mol. The lowest BCUT2D eigenvalue weighted by molar-refractivity contribution is -0.143. The van der Waals surface area contributed by atoms with Gasteiger partial charge in [0, 0.05) is 68.2 Å². The van der Waals surface area contributed by atoms with Gasteiger partial charge in [-0.2, -0.15) is 4.72 Å². The Labute approximate surface area is 270 Å². The number of carbonyl (C=O) groups is 3. The first kappa shape index (κ1) is 33.2. The van der Waals surface area contributed by atoms with E-state index < -0.39 is 16.1 Å². The van der Waals surface area contributed by atoms with Gasteiger partial charge in [0.1, 0.15) is 6.04 Å². The number of urea groups is 1. The predicted octanol–water partition coefficient (Wildman–Crippen LogP) is 3.32. The van der Waals surface area contributed by atoms with E-state index in [4.69, 9.17) is 11.6 Å². The second kappa shape index (κ2) is 14.9. The van der Waals surface area contributed by atoms with Gasteiger partial charge in [-0.1, -0.05) is 30.9 Å². The van der Waals surface area contributed by atoms with Crippen LogP contribution < -0.4 is 10.0 Å². The molecule has 4 heterocycles. The van der Waals surface area contributed by atoms with E-state index in [1.807, 2.05) is 16.8 Å². The van der Waals surface area contributed by atoms with Gasteiger partial charge < -0.3 is 20.0 Å². The summed E-state index contributed by atoms with van der Waals surface area (Å²) in [5.41, 5.74) is 0. The van der Waals surface area contributed by atoms with E-state index in [-0.39, 0.29) is 42.5 Å². The summed E-state index contributed by atoms with van der Waals surface area (Å²) in [5.74, 6) is -0.466. The highest BCUT2D eigenvalue weighted by Crippen LogP contribution is 2.25. The number of sulfonamides is 1. The maximum absolute atomic E-state index is 13.4. The molecule has 0 radical (unpaired) electrons. The number of hydrogen-bond acceptors (Lipinski definition) is 7. The molecule has 3 atom stereocenters. The van der Waals surface area contributed by atoms with Crippen LogP contribution in [0.4, 0.5) is 4.79 Å². The third kappa shape index (κ3) is 8.74. The van der Waals surface area contributed by atoms with Crippen molar-refractivity contribution in [2.75, 3.05) is 46.3 Å². The van der Waals surface area contributed by atoms with Crippen LogP contribution in [0, 0.1) is 0 Å². The van der Waals surface area contributed by atoms with Crippen LogP contribution in [0.2, 0.25) is 4.34 Å². The summed E-state index contributed by atoms with van der Waals surface area (Å²) in [6.45, 7) is 3.44. The van der Waals surface area contributed by atoms with Crippen molar-refractivity contribution >= 4 is 56.9 Å². The van der Waals surface area contributed by atoms with Crippen LogP contribution in [0.1, 0.15) is 69.1 Å². The summed E-state index contributed by atoms with van der Waals surface area (Å²) >= 11 is 7.18. The van der Waals surface area contributed by atoms with Crippen LogP contribution in [0.5, 0.6) is 0 Å². The number of amides is 4. The van der Waals surface area contributed by atoms with Gasteiger partial charge in [-0.25, -0.2) is 13.2 Å². The first-order valence-corrected chi connectivity index (χ1v) is 18.6. The second-order valence-electron chi connectivity index (χ2n) is 12.5. The molecule has 3 unspecified atom stereocenters. The molecule has 1 aromatic heterocycles. The first-order chi connectivity index (χ1) is 21.1. The average molecular weight is 669 g/mol. The van der Waals surface area contributed by atoms with Gasteiger partial charge in [0.2, 0.25) is 21.8 Å². The van der Waals surface area contributed by atoms with Crippen molar-refractivity contribution in [2.24, 2.45) is 0 Å². The zero-order valence-corrected chi connectivity index (χ0v) is 27.8. The third-order valence-electron chi connectivity index (χ3n) is 9.38. The summed E-state index contributed by atoms with van der Waals surface area (Å²) in [6.07, 6.45) is 10.9. The quantitative estimate of drug-likeness (QED) is 0.395. The Kier molecular flexibility index (Phi) is 11.3. The molecule has 14 heteroatoms. The molecule has 11 nitrogen and oxygen atoms in total. The molecular formula is C30H45ClN6O5S2. The zero-order chi connectivity index (χ0) is 31.3. The lowest BCUT2D eigenvalue weighted by Gasteiger charge is -2.35. The van der Waals surface area contributed by atoms with Gasteiger partial charge in [-0.3, -0.25) is 14.5 Å². The van der Waals surface area contributed by atoms with Crippen LogP contribution >= 0.6 is 22.9 Å². The number of hydrogen-bond donors (Lipinski definition) is 2. The van der Waals surface area contributed by atoms with E-state index >= 15 is 0 Å². The van der Waals surface area contributed by atoms with E-state index in [2.05, 4.69) is 14.9 Å². The van der Waals surface area contributed by atoms with Crippen LogP contribution in [0.15, 0.2) is 17.5 Å². The van der Waals surface area contributed by atoms with E-state index in [1.165, 1.54) is 41.6 Å². The highest BCUT2D eigenvalue weighted by atomic mass is 35.5. The summed E-state index contributed by atoms with van der Waals surface area (Å²) in [6, 6.07) is 3.02. The van der Waals surface area contributed by atoms with Gasteiger partial charge in [-0.05, 0) is 63.2 Å². The average Bonchev–Trinajstić information content (AvgIpc) is 3.76. The Hall–Kier alpha value is -2.19. The molecular weight excluding hydrogens is 624 g/mol. The maximum Gasteiger partial charge on any atom is 0.317 e. The van der Waals surface area contributed by atoms with Gasteiger partial charge in [0.15, 0.2) is 0 Å². The van der Waals surface area contributed by atoms with Crippen LogP contribution in [0.3, 0.4) is 0 Å². The number of thiophene rings is 1. The largest absolute Gasteiger partial charge is 0.337 e. The Morgan fingerprint density at radius 2 is 1.82 bits per heavy atom. The SMILES string of the molecule is CN(C(=O)NC1CCCCC1)C1CCN(CC2CCCN2C(=O)CN2CCCC(NS(=O)(=O)/C=C/c3ccc(Cl)s3)C2=O)C1. The van der Waals surface area contributed by atoms with Crippen LogP contribution in [0.25, 0.3) is 6.08 Å². The molecule has 0 spiro atoms. The standard InChI is InChI=1S/C30H45ClN6O5S2/c1-34(30(40)32-22-7-3-2-4-8-22)23-13-17-35(19-23)20-24-9-5-16-37(24)28(38)21-36-15-6-10-26(29(36)39)33-44(41,42)18-14-25-11-12-27(31)43-25/h11-12,14,18,22-24,26,33H,2-10,13,15-17,19-21H2,1H3,(H,32,40)/b18-14+. The van der Waals surface area contributed by atoms with Crippen molar-refractivity contribution in [3.05, 3.63) is 26.8 Å². The fourth-order valence-electron chi connectivity index (χ4n) is 6.91. The van der Waals surface area contributed by atoms with Crippen molar-refractivity contribution in [3.63, 3.8) is 0 Å². The fourth-order valence-corrected chi connectivity index (χ4v) is 8.98. The molecule has 3 saturated heterocycles. The minimum atomic E-state index is -3.86. The summed E-state index contributed by atoms with van der Waals surface area (Å²) in [5, 5.41) is 4.26. The molecule has 44 heavy (non-hydrogen) atoms. The molecule has 5 rings (SSSR count). The van der Waals surface area contributed by atoms with Crippen molar-refractivity contribution < 1.29 is 22.8 Å². The van der Waals surface area contributed by atoms with E-state index in [1.54, 1.807) is 12.1 Å². The van der Waals surface area contributed by atoms with Gasteiger partial charge in [-0.15, -0.1) is 11.3 Å². The van der Waals surface area contributed by atoms with Crippen molar-refractivity contribution in [1.82, 2.24) is 29.6 Å². The minimum absolute atomic E-state index is 0.0108. The molecule has 0 aromatic carbocycles. The van der Waals surface area contributed by atoms with E-state index in [0.717, 1.165) is 57.1 Å². The number of likely N-dealkylation sites (N-methyl/N-ethyl adjacent to an activating group) is 1. The third-order valence-corrected chi connectivity index (χ3v) is 11.7. The molecule has 2 N–H and O–H groups in total. The summed E-state index contributed by atoms with van der Waals surface area (Å²) in [7, 11) is -1.97. The number of likely N-dealkylation sites (tertiary alicyclic amines) is 3. The monoisotopic (exact) mass is 668 g/mol. The Morgan fingerprint density at radius 3 is 2.57 bits per heavy atom. The number of rotatable bonds is 10. The maximum atomic E-state index is 13.4. The smallest absolute Gasteiger partial charge is 0.317 e. The molecule has 1 aliphatic carbocycles. The van der Waals surface area contributed by atoms with Crippen molar-refractivity contribution in [2.45, 2.75) is 88.4 Å². The van der Waals surface area contributed by atoms with Crippen molar-refractivity contribution in [1.29, 1.82) is 0 Å². The Bertz CT molecular complexity index is 1320. The Balaban J connectivity index is 1.09. The number of nitrogens with zero attached hydrogens (tertiary/aromatic N) is 4. The second-order valence-corrected chi connectivity index (χ2v) is 15.9. The number of carbonyl (C=O) groups excluding carboxylic acids is 3. The molecule has 1 aromatic rings.